The summed E-state index contributed by atoms with van der Waals surface area (Å²) in [6.45, 7) is 13.8. The Kier molecular flexibility index (Phi) is 7.84. The van der Waals surface area contributed by atoms with Crippen molar-refractivity contribution in [3.8, 4) is 11.4 Å². The van der Waals surface area contributed by atoms with Crippen LogP contribution < -0.4 is 5.32 Å². The second-order valence-electron chi connectivity index (χ2n) is 13.0. The Hall–Kier alpha value is -2.93. The standard InChI is InChI=1S/C29H43N5O2/c1-20(18-29(5,6)19-34(7,8)9)30-26(35)15-14-21-16-22(28(2,3)4)27(36)25(17-21)33-31-23-12-10-11-13-24(23)32-33/h10-13,16-17,20H,14-15,18-19H2,1-9H3,(H-,30,35,36)/p+1. The molecular formula is C29H44N5O2+. The van der Waals surface area contributed by atoms with E-state index in [0.29, 0.717) is 18.5 Å². The quantitative estimate of drug-likeness (QED) is 0.411. The van der Waals surface area contributed by atoms with Crippen LogP contribution in [-0.4, -0.2) is 64.2 Å². The number of benzene rings is 2. The second-order valence-corrected chi connectivity index (χ2v) is 13.0. The van der Waals surface area contributed by atoms with E-state index in [-0.39, 0.29) is 28.5 Å². The Balaban J connectivity index is 1.76. The summed E-state index contributed by atoms with van der Waals surface area (Å²) in [7, 11) is 6.60. The first-order chi connectivity index (χ1) is 16.5. The molecule has 0 aliphatic carbocycles. The molecule has 1 unspecified atom stereocenters. The van der Waals surface area contributed by atoms with E-state index in [2.05, 4.69) is 78.2 Å². The first-order valence-corrected chi connectivity index (χ1v) is 12.8. The fourth-order valence-corrected chi connectivity index (χ4v) is 5.35. The molecule has 1 aromatic heterocycles. The van der Waals surface area contributed by atoms with E-state index in [1.807, 2.05) is 36.4 Å². The lowest BCUT2D eigenvalue weighted by Gasteiger charge is -2.35. The summed E-state index contributed by atoms with van der Waals surface area (Å²) in [6.07, 6.45) is 1.87. The van der Waals surface area contributed by atoms with E-state index >= 15 is 0 Å². The lowest BCUT2D eigenvalue weighted by atomic mass is 9.84. The van der Waals surface area contributed by atoms with Gasteiger partial charge in [-0.2, -0.15) is 0 Å². The molecule has 0 spiro atoms. The lowest BCUT2D eigenvalue weighted by molar-refractivity contribution is -0.877. The van der Waals surface area contributed by atoms with Crippen LogP contribution in [-0.2, 0) is 16.6 Å². The monoisotopic (exact) mass is 494 g/mol. The lowest BCUT2D eigenvalue weighted by Crippen LogP contribution is -2.45. The van der Waals surface area contributed by atoms with Gasteiger partial charge >= 0.3 is 0 Å². The highest BCUT2D eigenvalue weighted by atomic mass is 16.3. The normalized spacial score (nSPS) is 13.7. The Labute approximate surface area is 216 Å². The highest BCUT2D eigenvalue weighted by Gasteiger charge is 2.28. The van der Waals surface area contributed by atoms with E-state index in [0.717, 1.165) is 39.6 Å². The van der Waals surface area contributed by atoms with Crippen molar-refractivity contribution in [3.05, 3.63) is 47.5 Å². The highest BCUT2D eigenvalue weighted by Crippen LogP contribution is 2.36. The number of aromatic hydroxyl groups is 1. The maximum absolute atomic E-state index is 12.8. The van der Waals surface area contributed by atoms with Gasteiger partial charge in [-0.15, -0.1) is 15.0 Å². The summed E-state index contributed by atoms with van der Waals surface area (Å²) in [6, 6.07) is 11.6. The topological polar surface area (TPSA) is 80.0 Å². The number of carbonyl (C=O) groups is 1. The number of hydrogen-bond acceptors (Lipinski definition) is 4. The highest BCUT2D eigenvalue weighted by molar-refractivity contribution is 5.76. The minimum absolute atomic E-state index is 0.0402. The number of phenols is 1. The molecule has 0 saturated heterocycles. The molecule has 1 amide bonds. The molecule has 2 aromatic carbocycles. The van der Waals surface area contributed by atoms with Crippen molar-refractivity contribution >= 4 is 16.9 Å². The molecule has 196 valence electrons. The van der Waals surface area contributed by atoms with Gasteiger partial charge in [-0.3, -0.25) is 4.79 Å². The maximum atomic E-state index is 12.8. The molecule has 3 aromatic rings. The zero-order valence-corrected chi connectivity index (χ0v) is 23.5. The van der Waals surface area contributed by atoms with Crippen molar-refractivity contribution < 1.29 is 14.4 Å². The van der Waals surface area contributed by atoms with Crippen molar-refractivity contribution in [2.24, 2.45) is 5.41 Å². The van der Waals surface area contributed by atoms with Crippen LogP contribution in [0.3, 0.4) is 0 Å². The Morgan fingerprint density at radius 2 is 1.64 bits per heavy atom. The number of amides is 1. The molecule has 2 N–H and O–H groups in total. The molecule has 0 bridgehead atoms. The van der Waals surface area contributed by atoms with Gasteiger partial charge in [-0.05, 0) is 48.9 Å². The largest absolute Gasteiger partial charge is 0.505 e. The van der Waals surface area contributed by atoms with Crippen LogP contribution in [0, 0.1) is 5.41 Å². The number of quaternary nitrogens is 1. The SMILES string of the molecule is CC(CC(C)(C)C[N+](C)(C)C)NC(=O)CCc1cc(-n2nc3ccccc3n2)c(O)c(C(C)(C)C)c1. The number of aryl methyl sites for hydroxylation is 1. The molecular weight excluding hydrogens is 450 g/mol. The average Bonchev–Trinajstić information content (AvgIpc) is 3.13. The molecule has 3 rings (SSSR count). The third-order valence-electron chi connectivity index (χ3n) is 6.27. The number of hydrogen-bond donors (Lipinski definition) is 2. The number of carbonyl (C=O) groups excluding carboxylic acids is 1. The van der Waals surface area contributed by atoms with Crippen LogP contribution in [0.1, 0.15) is 65.5 Å². The molecule has 36 heavy (non-hydrogen) atoms. The first-order valence-electron chi connectivity index (χ1n) is 12.8. The molecule has 0 fully saturated rings. The maximum Gasteiger partial charge on any atom is 0.220 e. The summed E-state index contributed by atoms with van der Waals surface area (Å²) in [4.78, 5) is 14.3. The van der Waals surface area contributed by atoms with Crippen molar-refractivity contribution in [2.75, 3.05) is 27.7 Å². The van der Waals surface area contributed by atoms with Crippen molar-refractivity contribution in [1.29, 1.82) is 0 Å². The fraction of sp³-hybridized carbons (Fsp3) is 0.552. The number of aromatic nitrogens is 3. The van der Waals surface area contributed by atoms with Gasteiger partial charge in [0.15, 0.2) is 0 Å². The van der Waals surface area contributed by atoms with Crippen LogP contribution in [0.25, 0.3) is 16.7 Å². The number of fused-ring (bicyclic) bond motifs is 1. The Morgan fingerprint density at radius 3 is 2.17 bits per heavy atom. The Bertz CT molecular complexity index is 1180. The fourth-order valence-electron chi connectivity index (χ4n) is 5.35. The average molecular weight is 495 g/mol. The van der Waals surface area contributed by atoms with Gasteiger partial charge in [-0.1, -0.05) is 52.8 Å². The summed E-state index contributed by atoms with van der Waals surface area (Å²) in [5.74, 6) is 0.211. The van der Waals surface area contributed by atoms with E-state index in [9.17, 15) is 9.90 Å². The van der Waals surface area contributed by atoms with Crippen molar-refractivity contribution in [3.63, 3.8) is 0 Å². The minimum atomic E-state index is -0.282. The van der Waals surface area contributed by atoms with Gasteiger partial charge in [0, 0.05) is 23.4 Å². The third kappa shape index (κ3) is 7.29. The first kappa shape index (κ1) is 27.7. The molecule has 1 atom stereocenters. The van der Waals surface area contributed by atoms with Crippen molar-refractivity contribution in [1.82, 2.24) is 20.3 Å². The predicted octanol–water partition coefficient (Wildman–Crippen LogP) is 4.98. The summed E-state index contributed by atoms with van der Waals surface area (Å²) in [5, 5.41) is 23.5. The zero-order chi connectivity index (χ0) is 26.9. The summed E-state index contributed by atoms with van der Waals surface area (Å²) < 4.78 is 0.896. The molecule has 0 radical (unpaired) electrons. The van der Waals surface area contributed by atoms with Crippen LogP contribution in [0.2, 0.25) is 0 Å². The molecule has 7 nitrogen and oxygen atoms in total. The van der Waals surface area contributed by atoms with Crippen LogP contribution >= 0.6 is 0 Å². The van der Waals surface area contributed by atoms with E-state index in [1.54, 1.807) is 0 Å². The van der Waals surface area contributed by atoms with E-state index in [4.69, 9.17) is 0 Å². The van der Waals surface area contributed by atoms with Gasteiger partial charge in [0.2, 0.25) is 5.91 Å². The van der Waals surface area contributed by atoms with Crippen LogP contribution in [0.4, 0.5) is 0 Å². The van der Waals surface area contributed by atoms with Crippen LogP contribution in [0.15, 0.2) is 36.4 Å². The van der Waals surface area contributed by atoms with Gasteiger partial charge < -0.3 is 14.9 Å². The summed E-state index contributed by atoms with van der Waals surface area (Å²) >= 11 is 0. The summed E-state index contributed by atoms with van der Waals surface area (Å²) in [5.41, 5.74) is 3.69. The molecule has 0 aliphatic rings. The molecule has 1 heterocycles. The number of nitrogens with zero attached hydrogens (tertiary/aromatic N) is 4. The van der Waals surface area contributed by atoms with Crippen LogP contribution in [0.5, 0.6) is 5.75 Å². The van der Waals surface area contributed by atoms with Crippen molar-refractivity contribution in [2.45, 2.75) is 72.3 Å². The second kappa shape index (κ2) is 10.2. The van der Waals surface area contributed by atoms with E-state index < -0.39 is 0 Å². The minimum Gasteiger partial charge on any atom is -0.505 e. The number of phenolic OH excluding ortho intramolecular Hbond substituents is 1. The van der Waals surface area contributed by atoms with E-state index in [1.165, 1.54) is 4.80 Å². The molecule has 7 heteroatoms. The number of rotatable bonds is 9. The van der Waals surface area contributed by atoms with Gasteiger partial charge in [-0.25, -0.2) is 0 Å². The predicted molar refractivity (Wildman–Crippen MR) is 146 cm³/mol. The van der Waals surface area contributed by atoms with Gasteiger partial charge in [0.05, 0.1) is 27.7 Å². The van der Waals surface area contributed by atoms with Gasteiger partial charge in [0.25, 0.3) is 0 Å². The number of nitrogens with one attached hydrogen (secondary N) is 1. The smallest absolute Gasteiger partial charge is 0.220 e. The molecule has 0 saturated carbocycles. The molecule has 0 aliphatic heterocycles. The Morgan fingerprint density at radius 1 is 1.06 bits per heavy atom. The third-order valence-corrected chi connectivity index (χ3v) is 6.27. The zero-order valence-electron chi connectivity index (χ0n) is 23.5. The van der Waals surface area contributed by atoms with Gasteiger partial charge in [0.1, 0.15) is 22.5 Å².